The Labute approximate surface area is 215 Å². The fraction of sp³-hybridized carbons (Fsp3) is 0.385. The normalized spacial score (nSPS) is 16.6. The van der Waals surface area contributed by atoms with Gasteiger partial charge in [0.1, 0.15) is 0 Å². The van der Waals surface area contributed by atoms with Crippen LogP contribution in [0.25, 0.3) is 11.3 Å². The molecule has 3 aromatic rings. The van der Waals surface area contributed by atoms with Gasteiger partial charge in [-0.3, -0.25) is 14.7 Å². The fourth-order valence-corrected chi connectivity index (χ4v) is 4.66. The summed E-state index contributed by atoms with van der Waals surface area (Å²) in [4.78, 5) is 32.9. The number of hydrogen-bond acceptors (Lipinski definition) is 10. The van der Waals surface area contributed by atoms with E-state index < -0.39 is 5.91 Å². The summed E-state index contributed by atoms with van der Waals surface area (Å²) < 4.78 is 5.45. The minimum Gasteiger partial charge on any atom is -0.395 e. The van der Waals surface area contributed by atoms with Crippen molar-refractivity contribution in [3.8, 4) is 11.3 Å². The van der Waals surface area contributed by atoms with Gasteiger partial charge >= 0.3 is 0 Å². The molecule has 0 saturated carbocycles. The summed E-state index contributed by atoms with van der Waals surface area (Å²) in [6.07, 6.45) is 4.91. The number of aliphatic hydroxyl groups excluding tert-OH is 1. The number of morpholine rings is 1. The lowest BCUT2D eigenvalue weighted by Crippen LogP contribution is -2.47. The third-order valence-electron chi connectivity index (χ3n) is 6.73. The number of nitrogens with zero attached hydrogens (tertiary/aromatic N) is 6. The summed E-state index contributed by atoms with van der Waals surface area (Å²) >= 11 is 0. The summed E-state index contributed by atoms with van der Waals surface area (Å²) in [7, 11) is 0. The Hall–Kier alpha value is -3.80. The monoisotopic (exact) mass is 504 g/mol. The van der Waals surface area contributed by atoms with Gasteiger partial charge in [-0.25, -0.2) is 9.97 Å². The van der Waals surface area contributed by atoms with Crippen molar-refractivity contribution in [1.82, 2.24) is 19.9 Å². The van der Waals surface area contributed by atoms with Crippen LogP contribution in [0.2, 0.25) is 0 Å². The number of nitrogens with two attached hydrogens (primary N) is 1. The number of nitrogen functional groups attached to an aromatic ring is 1. The van der Waals surface area contributed by atoms with Crippen LogP contribution in [0.15, 0.2) is 48.9 Å². The highest BCUT2D eigenvalue weighted by molar-refractivity contribution is 6.07. The van der Waals surface area contributed by atoms with E-state index in [-0.39, 0.29) is 18.1 Å². The van der Waals surface area contributed by atoms with Crippen molar-refractivity contribution in [3.63, 3.8) is 0 Å². The number of carbonyl (C=O) groups is 1. The van der Waals surface area contributed by atoms with Crippen LogP contribution in [0, 0.1) is 0 Å². The van der Waals surface area contributed by atoms with Gasteiger partial charge in [-0.15, -0.1) is 0 Å². The van der Waals surface area contributed by atoms with Crippen LogP contribution in [-0.2, 0) is 4.74 Å². The number of anilines is 4. The maximum Gasteiger partial charge on any atom is 0.278 e. The maximum atomic E-state index is 13.2. The fourth-order valence-electron chi connectivity index (χ4n) is 4.66. The number of aromatic nitrogens is 3. The molecule has 2 aliphatic heterocycles. The molecule has 11 heteroatoms. The molecule has 2 fully saturated rings. The summed E-state index contributed by atoms with van der Waals surface area (Å²) in [5.74, 6) is -0.373. The summed E-state index contributed by atoms with van der Waals surface area (Å²) in [6.45, 7) is 7.31. The van der Waals surface area contributed by atoms with E-state index in [4.69, 9.17) is 15.6 Å². The van der Waals surface area contributed by atoms with Gasteiger partial charge in [0.2, 0.25) is 0 Å². The van der Waals surface area contributed by atoms with Gasteiger partial charge < -0.3 is 30.7 Å². The summed E-state index contributed by atoms with van der Waals surface area (Å²) in [5, 5.41) is 12.1. The summed E-state index contributed by atoms with van der Waals surface area (Å²) in [5.41, 5.74) is 10.1. The highest BCUT2D eigenvalue weighted by atomic mass is 16.5. The molecule has 11 nitrogen and oxygen atoms in total. The van der Waals surface area contributed by atoms with E-state index >= 15 is 0 Å². The lowest BCUT2D eigenvalue weighted by atomic mass is 10.1. The van der Waals surface area contributed by atoms with Gasteiger partial charge in [-0.1, -0.05) is 12.1 Å². The van der Waals surface area contributed by atoms with E-state index in [9.17, 15) is 4.79 Å². The molecule has 4 N–H and O–H groups in total. The minimum atomic E-state index is -0.438. The predicted molar refractivity (Wildman–Crippen MR) is 143 cm³/mol. The number of piperazine rings is 1. The van der Waals surface area contributed by atoms with Crippen LogP contribution < -0.4 is 20.9 Å². The number of aliphatic hydroxyl groups is 1. The van der Waals surface area contributed by atoms with Gasteiger partial charge in [0, 0.05) is 63.3 Å². The Morgan fingerprint density at radius 3 is 2.49 bits per heavy atom. The van der Waals surface area contributed by atoms with Crippen LogP contribution in [0.5, 0.6) is 0 Å². The second-order valence-corrected chi connectivity index (χ2v) is 9.03. The number of rotatable bonds is 7. The first-order chi connectivity index (χ1) is 18.1. The molecule has 0 aliphatic carbocycles. The van der Waals surface area contributed by atoms with Crippen LogP contribution in [0.1, 0.15) is 10.5 Å². The molecule has 37 heavy (non-hydrogen) atoms. The first kappa shape index (κ1) is 24.9. The first-order valence-electron chi connectivity index (χ1n) is 12.5. The Kier molecular flexibility index (Phi) is 7.73. The number of ether oxygens (including phenoxy) is 1. The highest BCUT2D eigenvalue weighted by Gasteiger charge is 2.20. The number of benzene rings is 1. The van der Waals surface area contributed by atoms with E-state index in [0.717, 1.165) is 56.2 Å². The molecule has 2 saturated heterocycles. The molecular weight excluding hydrogens is 472 g/mol. The molecular formula is C26H32N8O3. The van der Waals surface area contributed by atoms with Crippen LogP contribution in [-0.4, -0.2) is 96.5 Å². The van der Waals surface area contributed by atoms with Crippen molar-refractivity contribution in [1.29, 1.82) is 0 Å². The van der Waals surface area contributed by atoms with Gasteiger partial charge in [-0.05, 0) is 18.2 Å². The molecule has 1 aromatic carbocycles. The Balaban J connectivity index is 1.30. The molecule has 2 aliphatic rings. The average molecular weight is 505 g/mol. The molecule has 0 unspecified atom stereocenters. The first-order valence-corrected chi connectivity index (χ1v) is 12.5. The number of β-amino-alcohol motifs (C(OH)–C–C–N with tert-alkyl or cyclic N) is 1. The molecule has 5 rings (SSSR count). The zero-order valence-electron chi connectivity index (χ0n) is 20.7. The smallest absolute Gasteiger partial charge is 0.278 e. The van der Waals surface area contributed by atoms with Gasteiger partial charge in [0.15, 0.2) is 11.5 Å². The zero-order valence-corrected chi connectivity index (χ0v) is 20.7. The minimum absolute atomic E-state index is 0.0652. The van der Waals surface area contributed by atoms with E-state index in [1.807, 2.05) is 18.2 Å². The zero-order chi connectivity index (χ0) is 25.6. The highest BCUT2D eigenvalue weighted by Crippen LogP contribution is 2.27. The van der Waals surface area contributed by atoms with Gasteiger partial charge in [-0.2, -0.15) is 0 Å². The Morgan fingerprint density at radius 2 is 1.76 bits per heavy atom. The van der Waals surface area contributed by atoms with E-state index in [2.05, 4.69) is 47.1 Å². The standard InChI is InChI=1S/C26H32N8O3/c27-25-24(26(36)31-22-17-28-6-5-23(22)34-12-15-37-16-13-34)30-21(18-29-25)19-1-3-20(4-2-19)33-9-7-32(8-10-33)11-14-35/h1-6,17-18,35H,7-16H2,(H2,27,29)(H,31,36). The Bertz CT molecular complexity index is 1210. The van der Waals surface area contributed by atoms with Gasteiger partial charge in [0.05, 0.1) is 49.3 Å². The van der Waals surface area contributed by atoms with E-state index in [1.165, 1.54) is 0 Å². The van der Waals surface area contributed by atoms with Gasteiger partial charge in [0.25, 0.3) is 5.91 Å². The molecule has 4 heterocycles. The van der Waals surface area contributed by atoms with Crippen molar-refractivity contribution < 1.29 is 14.6 Å². The largest absolute Gasteiger partial charge is 0.395 e. The maximum absolute atomic E-state index is 13.2. The molecule has 0 bridgehead atoms. The molecule has 0 radical (unpaired) electrons. The predicted octanol–water partition coefficient (Wildman–Crippen LogP) is 1.32. The van der Waals surface area contributed by atoms with Crippen molar-refractivity contribution in [3.05, 3.63) is 54.6 Å². The molecule has 1 amide bonds. The van der Waals surface area contributed by atoms with Crippen molar-refractivity contribution in [2.75, 3.05) is 86.5 Å². The molecule has 194 valence electrons. The number of pyridine rings is 1. The number of hydrogen-bond donors (Lipinski definition) is 3. The molecule has 2 aromatic heterocycles. The molecule has 0 atom stereocenters. The average Bonchev–Trinajstić information content (AvgIpc) is 2.95. The second kappa shape index (κ2) is 11.5. The number of amides is 1. The van der Waals surface area contributed by atoms with E-state index in [0.29, 0.717) is 31.1 Å². The third-order valence-corrected chi connectivity index (χ3v) is 6.73. The lowest BCUT2D eigenvalue weighted by molar-refractivity contribution is 0.102. The topological polar surface area (TPSA) is 133 Å². The van der Waals surface area contributed by atoms with Crippen LogP contribution >= 0.6 is 0 Å². The molecule has 0 spiro atoms. The third kappa shape index (κ3) is 5.79. The van der Waals surface area contributed by atoms with E-state index in [1.54, 1.807) is 18.6 Å². The second-order valence-electron chi connectivity index (χ2n) is 9.03. The van der Waals surface area contributed by atoms with Crippen molar-refractivity contribution >= 4 is 28.8 Å². The van der Waals surface area contributed by atoms with Crippen molar-refractivity contribution in [2.24, 2.45) is 0 Å². The SMILES string of the molecule is Nc1ncc(-c2ccc(N3CCN(CCO)CC3)cc2)nc1C(=O)Nc1cnccc1N1CCOCC1. The lowest BCUT2D eigenvalue weighted by Gasteiger charge is -2.35. The quantitative estimate of drug-likeness (QED) is 0.433. The van der Waals surface area contributed by atoms with Crippen LogP contribution in [0.3, 0.4) is 0 Å². The summed E-state index contributed by atoms with van der Waals surface area (Å²) in [6, 6.07) is 9.95. The number of nitrogens with one attached hydrogen (secondary N) is 1. The number of carbonyl (C=O) groups excluding carboxylic acids is 1. The van der Waals surface area contributed by atoms with Crippen molar-refractivity contribution in [2.45, 2.75) is 0 Å². The van der Waals surface area contributed by atoms with Crippen LogP contribution in [0.4, 0.5) is 22.9 Å². The Morgan fingerprint density at radius 1 is 1.00 bits per heavy atom.